The first-order valence-corrected chi connectivity index (χ1v) is 14.0. The fraction of sp³-hybridized carbons (Fsp3) is 0.933. The molecule has 4 rings (SSSR count). The molecule has 8 unspecified atom stereocenters. The van der Waals surface area contributed by atoms with Crippen molar-refractivity contribution in [2.45, 2.75) is 118 Å². The minimum atomic E-state index is 0.467. The lowest BCUT2D eigenvalue weighted by atomic mass is 9.47. The first-order chi connectivity index (χ1) is 14.7. The molecule has 3 fully saturated rings. The lowest BCUT2D eigenvalue weighted by Gasteiger charge is -2.58. The molecule has 4 aliphatic carbocycles. The van der Waals surface area contributed by atoms with Crippen molar-refractivity contribution in [1.82, 2.24) is 0 Å². The van der Waals surface area contributed by atoms with Crippen molar-refractivity contribution in [2.75, 3.05) is 7.11 Å². The third kappa shape index (κ3) is 4.08. The maximum Gasteiger partial charge on any atom is 0.0608 e. The molecule has 0 heterocycles. The molecule has 31 heavy (non-hydrogen) atoms. The van der Waals surface area contributed by atoms with E-state index in [4.69, 9.17) is 4.74 Å². The van der Waals surface area contributed by atoms with Gasteiger partial charge in [-0.25, -0.2) is 0 Å². The largest absolute Gasteiger partial charge is 0.381 e. The number of hydrogen-bond acceptors (Lipinski definition) is 1. The van der Waals surface area contributed by atoms with Gasteiger partial charge in [0.15, 0.2) is 0 Å². The van der Waals surface area contributed by atoms with Crippen molar-refractivity contribution in [3.63, 3.8) is 0 Å². The molecule has 0 radical (unpaired) electrons. The van der Waals surface area contributed by atoms with Crippen LogP contribution in [0.1, 0.15) is 112 Å². The van der Waals surface area contributed by atoms with Gasteiger partial charge in [0.05, 0.1) is 6.10 Å². The molecule has 0 N–H and O–H groups in total. The fourth-order valence-electron chi connectivity index (χ4n) is 9.49. The summed E-state index contributed by atoms with van der Waals surface area (Å²) in [6.07, 6.45) is 18.6. The molecule has 0 aromatic heterocycles. The zero-order valence-corrected chi connectivity index (χ0v) is 21.9. The summed E-state index contributed by atoms with van der Waals surface area (Å²) in [5, 5.41) is 0. The topological polar surface area (TPSA) is 9.23 Å². The molecule has 1 nitrogen and oxygen atoms in total. The fourth-order valence-corrected chi connectivity index (χ4v) is 9.49. The second-order valence-electron chi connectivity index (χ2n) is 13.1. The Morgan fingerprint density at radius 1 is 1.00 bits per heavy atom. The van der Waals surface area contributed by atoms with Crippen LogP contribution in [0.5, 0.6) is 0 Å². The van der Waals surface area contributed by atoms with Crippen LogP contribution in [0.3, 0.4) is 0 Å². The highest BCUT2D eigenvalue weighted by Crippen LogP contribution is 2.67. The van der Waals surface area contributed by atoms with Gasteiger partial charge in [0.2, 0.25) is 0 Å². The van der Waals surface area contributed by atoms with Gasteiger partial charge in [-0.1, -0.05) is 66.0 Å². The normalized spacial score (nSPS) is 44.3. The maximum atomic E-state index is 5.77. The quantitative estimate of drug-likeness (QED) is 0.368. The Morgan fingerprint density at radius 3 is 2.45 bits per heavy atom. The van der Waals surface area contributed by atoms with Crippen LogP contribution in [-0.2, 0) is 4.74 Å². The number of ether oxygens (including phenoxy) is 1. The van der Waals surface area contributed by atoms with E-state index in [0.29, 0.717) is 16.9 Å². The molecule has 0 aliphatic heterocycles. The average molecular weight is 429 g/mol. The molecule has 0 bridgehead atoms. The van der Waals surface area contributed by atoms with E-state index in [-0.39, 0.29) is 0 Å². The molecule has 0 amide bonds. The third-order valence-electron chi connectivity index (χ3n) is 11.6. The Balaban J connectivity index is 1.47. The second kappa shape index (κ2) is 9.15. The summed E-state index contributed by atoms with van der Waals surface area (Å²) in [6.45, 7) is 15.2. The van der Waals surface area contributed by atoms with Crippen LogP contribution in [0, 0.1) is 52.3 Å². The zero-order valence-electron chi connectivity index (χ0n) is 21.9. The number of rotatable bonds is 7. The van der Waals surface area contributed by atoms with Crippen molar-refractivity contribution in [3.8, 4) is 0 Å². The van der Waals surface area contributed by atoms with Crippen LogP contribution in [-0.4, -0.2) is 13.2 Å². The maximum absolute atomic E-state index is 5.77. The summed E-state index contributed by atoms with van der Waals surface area (Å²) < 4.78 is 5.77. The Hall–Kier alpha value is -0.300. The van der Waals surface area contributed by atoms with Crippen molar-refractivity contribution in [1.29, 1.82) is 0 Å². The van der Waals surface area contributed by atoms with Crippen molar-refractivity contribution in [3.05, 3.63) is 11.6 Å². The van der Waals surface area contributed by atoms with Gasteiger partial charge in [-0.2, -0.15) is 0 Å². The van der Waals surface area contributed by atoms with Gasteiger partial charge >= 0.3 is 0 Å². The van der Waals surface area contributed by atoms with Gasteiger partial charge in [-0.15, -0.1) is 0 Å². The smallest absolute Gasteiger partial charge is 0.0608 e. The molecule has 9 atom stereocenters. The molecule has 0 spiro atoms. The SMILES string of the molecule is CCC(CCC(C)C1CCC2C3CC=C4CC(OC)CC[C@]4(C)C3CCC12C)C(C)C. The van der Waals surface area contributed by atoms with Gasteiger partial charge in [-0.3, -0.25) is 0 Å². The predicted molar refractivity (Wildman–Crippen MR) is 133 cm³/mol. The highest BCUT2D eigenvalue weighted by atomic mass is 16.5. The van der Waals surface area contributed by atoms with Gasteiger partial charge in [0.25, 0.3) is 0 Å². The number of allylic oxidation sites excluding steroid dienone is 1. The Morgan fingerprint density at radius 2 is 1.77 bits per heavy atom. The van der Waals surface area contributed by atoms with E-state index in [0.717, 1.165) is 41.4 Å². The number of methoxy groups -OCH3 is 1. The lowest BCUT2D eigenvalue weighted by molar-refractivity contribution is -0.0603. The lowest BCUT2D eigenvalue weighted by Crippen LogP contribution is -2.51. The van der Waals surface area contributed by atoms with E-state index < -0.39 is 0 Å². The van der Waals surface area contributed by atoms with Crippen LogP contribution in [0.15, 0.2) is 11.6 Å². The van der Waals surface area contributed by atoms with Gasteiger partial charge in [0.1, 0.15) is 0 Å². The van der Waals surface area contributed by atoms with Crippen LogP contribution < -0.4 is 0 Å². The highest BCUT2D eigenvalue weighted by molar-refractivity contribution is 5.25. The standard InChI is InChI=1S/C30H52O/c1-8-22(20(2)3)10-9-21(4)26-13-14-27-25-12-11-23-19-24(31-7)15-17-29(23,5)28(25)16-18-30(26,27)6/h11,20-22,24-28H,8-10,12-19H2,1-7H3/t21?,22?,24?,25?,26?,27?,28?,29-,30?/m0/s1. The van der Waals surface area contributed by atoms with E-state index in [1.54, 1.807) is 5.57 Å². The molecule has 1 heteroatoms. The first kappa shape index (κ1) is 23.8. The molecule has 0 aromatic carbocycles. The molecule has 0 saturated heterocycles. The molecule has 178 valence electrons. The first-order valence-electron chi connectivity index (χ1n) is 14.0. The summed E-state index contributed by atoms with van der Waals surface area (Å²) in [7, 11) is 1.91. The van der Waals surface area contributed by atoms with Crippen LogP contribution in [0.4, 0.5) is 0 Å². The third-order valence-corrected chi connectivity index (χ3v) is 11.6. The van der Waals surface area contributed by atoms with Crippen molar-refractivity contribution >= 4 is 0 Å². The van der Waals surface area contributed by atoms with Gasteiger partial charge in [-0.05, 0) is 110 Å². The van der Waals surface area contributed by atoms with Crippen LogP contribution >= 0.6 is 0 Å². The van der Waals surface area contributed by atoms with E-state index >= 15 is 0 Å². The van der Waals surface area contributed by atoms with Gasteiger partial charge in [0, 0.05) is 7.11 Å². The average Bonchev–Trinajstić information content (AvgIpc) is 3.10. The number of fused-ring (bicyclic) bond motifs is 5. The van der Waals surface area contributed by atoms with Gasteiger partial charge < -0.3 is 4.74 Å². The van der Waals surface area contributed by atoms with E-state index in [1.165, 1.54) is 70.6 Å². The van der Waals surface area contributed by atoms with E-state index in [9.17, 15) is 0 Å². The summed E-state index contributed by atoms with van der Waals surface area (Å²) in [5.74, 6) is 6.49. The summed E-state index contributed by atoms with van der Waals surface area (Å²) in [5.41, 5.74) is 2.83. The second-order valence-corrected chi connectivity index (χ2v) is 13.1. The minimum absolute atomic E-state index is 0.467. The molecule has 4 aliphatic rings. The zero-order chi connectivity index (χ0) is 22.4. The molecule has 3 saturated carbocycles. The molecule has 0 aromatic rings. The monoisotopic (exact) mass is 428 g/mol. The number of hydrogen-bond donors (Lipinski definition) is 0. The predicted octanol–water partition coefficient (Wildman–Crippen LogP) is 8.68. The minimum Gasteiger partial charge on any atom is -0.381 e. The molecular formula is C30H52O. The summed E-state index contributed by atoms with van der Waals surface area (Å²) in [6, 6.07) is 0. The summed E-state index contributed by atoms with van der Waals surface area (Å²) >= 11 is 0. The van der Waals surface area contributed by atoms with Crippen LogP contribution in [0.25, 0.3) is 0 Å². The Bertz CT molecular complexity index is 649. The highest BCUT2D eigenvalue weighted by Gasteiger charge is 2.59. The molecular weight excluding hydrogens is 376 g/mol. The summed E-state index contributed by atoms with van der Waals surface area (Å²) in [4.78, 5) is 0. The van der Waals surface area contributed by atoms with Crippen molar-refractivity contribution in [2.24, 2.45) is 52.3 Å². The Kier molecular flexibility index (Phi) is 7.04. The van der Waals surface area contributed by atoms with E-state index in [1.807, 2.05) is 7.11 Å². The van der Waals surface area contributed by atoms with E-state index in [2.05, 4.69) is 47.6 Å². The van der Waals surface area contributed by atoms with Crippen molar-refractivity contribution < 1.29 is 4.74 Å². The van der Waals surface area contributed by atoms with Crippen LogP contribution in [0.2, 0.25) is 0 Å². The Labute approximate surface area is 194 Å².